The average Bonchev–Trinajstić information content (AvgIpc) is 3.08. The second-order valence-electron chi connectivity index (χ2n) is 4.09. The molecule has 0 spiro atoms. The molecule has 1 aliphatic carbocycles. The molecule has 0 bridgehead atoms. The molecule has 78 valence electrons. The van der Waals surface area contributed by atoms with Crippen LogP contribution in [0, 0.1) is 0 Å². The maximum absolute atomic E-state index is 5.99. The molecule has 0 unspecified atom stereocenters. The summed E-state index contributed by atoms with van der Waals surface area (Å²) in [4.78, 5) is 0. The molecule has 0 atom stereocenters. The lowest BCUT2D eigenvalue weighted by atomic mass is 10.1. The van der Waals surface area contributed by atoms with Gasteiger partial charge in [-0.15, -0.1) is 0 Å². The van der Waals surface area contributed by atoms with Gasteiger partial charge in [-0.2, -0.15) is 0 Å². The third-order valence-electron chi connectivity index (χ3n) is 3.00. The van der Waals surface area contributed by atoms with Crippen LogP contribution in [0.15, 0.2) is 54.6 Å². The normalized spacial score (nSPS) is 11.8. The van der Waals surface area contributed by atoms with Gasteiger partial charge in [0, 0.05) is 12.1 Å². The summed E-state index contributed by atoms with van der Waals surface area (Å²) in [7, 11) is 0. The van der Waals surface area contributed by atoms with Gasteiger partial charge < -0.3 is 5.73 Å². The fourth-order valence-corrected chi connectivity index (χ4v) is 2.07. The first-order chi connectivity index (χ1) is 7.86. The van der Waals surface area contributed by atoms with Gasteiger partial charge in [0.25, 0.3) is 0 Å². The Hall–Kier alpha value is -2.02. The van der Waals surface area contributed by atoms with Crippen LogP contribution in [-0.4, -0.2) is 0 Å². The first-order valence-electron chi connectivity index (χ1n) is 5.48. The standard InChI is InChI=1S/C15H13N/c16-15-9-3-1-2-6-11-7-4-5-8-12(11)13-10-14(13)15/h1-9H,10,16H2. The van der Waals surface area contributed by atoms with E-state index < -0.39 is 0 Å². The largest absolute Gasteiger partial charge is 0.398 e. The van der Waals surface area contributed by atoms with Crippen LogP contribution in [0.1, 0.15) is 11.1 Å². The number of hydrogen-bond acceptors (Lipinski definition) is 1. The quantitative estimate of drug-likeness (QED) is 0.600. The Labute approximate surface area is 94.9 Å². The number of anilines is 1. The Morgan fingerprint density at radius 1 is 0.750 bits per heavy atom. The van der Waals surface area contributed by atoms with Crippen LogP contribution in [-0.2, 0) is 6.42 Å². The Bertz CT molecular complexity index is 613. The number of rotatable bonds is 0. The molecule has 1 nitrogen and oxygen atoms in total. The van der Waals surface area contributed by atoms with Crippen LogP contribution in [0.25, 0.3) is 10.8 Å². The molecule has 0 radical (unpaired) electrons. The zero-order valence-corrected chi connectivity index (χ0v) is 8.98. The summed E-state index contributed by atoms with van der Waals surface area (Å²) in [5.74, 6) is 0. The Morgan fingerprint density at radius 3 is 2.31 bits per heavy atom. The van der Waals surface area contributed by atoms with Crippen molar-refractivity contribution < 1.29 is 0 Å². The van der Waals surface area contributed by atoms with Gasteiger partial charge in [0.1, 0.15) is 0 Å². The fourth-order valence-electron chi connectivity index (χ4n) is 2.07. The van der Waals surface area contributed by atoms with Crippen molar-refractivity contribution >= 4 is 16.5 Å². The molecule has 3 rings (SSSR count). The minimum Gasteiger partial charge on any atom is -0.398 e. The van der Waals surface area contributed by atoms with E-state index in [1.165, 1.54) is 21.9 Å². The molecule has 2 aromatic carbocycles. The van der Waals surface area contributed by atoms with E-state index in [4.69, 9.17) is 5.73 Å². The maximum Gasteiger partial charge on any atom is 0.0353 e. The van der Waals surface area contributed by atoms with Gasteiger partial charge in [-0.05, 0) is 28.0 Å². The second-order valence-corrected chi connectivity index (χ2v) is 4.09. The Kier molecular flexibility index (Phi) is 2.03. The maximum atomic E-state index is 5.99. The summed E-state index contributed by atoms with van der Waals surface area (Å²) in [6.45, 7) is 0. The predicted molar refractivity (Wildman–Crippen MR) is 68.8 cm³/mol. The van der Waals surface area contributed by atoms with Crippen LogP contribution < -0.4 is 5.73 Å². The number of hydrogen-bond donors (Lipinski definition) is 1. The van der Waals surface area contributed by atoms with Crippen LogP contribution in [0.5, 0.6) is 0 Å². The van der Waals surface area contributed by atoms with Crippen LogP contribution in [0.4, 0.5) is 5.69 Å². The van der Waals surface area contributed by atoms with Gasteiger partial charge in [-0.25, -0.2) is 0 Å². The van der Waals surface area contributed by atoms with Crippen LogP contribution in [0.2, 0.25) is 0 Å². The number of nitrogen functional groups attached to an aromatic ring is 1. The van der Waals surface area contributed by atoms with Crippen molar-refractivity contribution in [2.45, 2.75) is 6.42 Å². The molecule has 0 heterocycles. The van der Waals surface area contributed by atoms with Gasteiger partial charge in [-0.1, -0.05) is 48.5 Å². The molecule has 0 saturated heterocycles. The van der Waals surface area contributed by atoms with Crippen LogP contribution in [0.3, 0.4) is 0 Å². The van der Waals surface area contributed by atoms with Crippen molar-refractivity contribution in [3.8, 4) is 0 Å². The summed E-state index contributed by atoms with van der Waals surface area (Å²) in [5, 5.41) is 2.59. The Balaban J connectivity index is 2.45. The van der Waals surface area contributed by atoms with Gasteiger partial charge in [-0.3, -0.25) is 0 Å². The van der Waals surface area contributed by atoms with E-state index in [-0.39, 0.29) is 0 Å². The van der Waals surface area contributed by atoms with Crippen molar-refractivity contribution in [2.24, 2.45) is 0 Å². The zero-order chi connectivity index (χ0) is 11.0. The average molecular weight is 207 g/mol. The lowest BCUT2D eigenvalue weighted by molar-refractivity contribution is 1.59. The smallest absolute Gasteiger partial charge is 0.0353 e. The summed E-state index contributed by atoms with van der Waals surface area (Å²) in [6, 6.07) is 18.6. The monoisotopic (exact) mass is 207 g/mol. The van der Waals surface area contributed by atoms with Crippen molar-refractivity contribution in [3.05, 3.63) is 65.7 Å². The van der Waals surface area contributed by atoms with E-state index in [2.05, 4.69) is 36.4 Å². The molecule has 0 saturated carbocycles. The molecule has 16 heavy (non-hydrogen) atoms. The minimum absolute atomic E-state index is 0.899. The molecule has 0 amide bonds. The summed E-state index contributed by atoms with van der Waals surface area (Å²) in [6.07, 6.45) is 1.03. The van der Waals surface area contributed by atoms with Gasteiger partial charge in [0.05, 0.1) is 0 Å². The molecule has 0 aliphatic heterocycles. The first kappa shape index (κ1) is 9.22. The van der Waals surface area contributed by atoms with E-state index in [1.807, 2.05) is 18.2 Å². The van der Waals surface area contributed by atoms with Gasteiger partial charge >= 0.3 is 0 Å². The van der Waals surface area contributed by atoms with E-state index in [1.54, 1.807) is 0 Å². The molecule has 2 aromatic rings. The van der Waals surface area contributed by atoms with Crippen LogP contribution >= 0.6 is 0 Å². The number of nitrogens with two attached hydrogens (primary N) is 1. The predicted octanol–water partition coefficient (Wildman–Crippen LogP) is 3.45. The molecule has 0 fully saturated rings. The van der Waals surface area contributed by atoms with Crippen molar-refractivity contribution in [1.82, 2.24) is 0 Å². The van der Waals surface area contributed by atoms with E-state index in [0.717, 1.165) is 12.1 Å². The summed E-state index contributed by atoms with van der Waals surface area (Å²) in [5.41, 5.74) is 9.59. The first-order valence-corrected chi connectivity index (χ1v) is 5.48. The van der Waals surface area contributed by atoms with E-state index in [9.17, 15) is 0 Å². The molecule has 1 heteroatoms. The highest BCUT2D eigenvalue weighted by Gasteiger charge is 2.19. The highest BCUT2D eigenvalue weighted by Crippen LogP contribution is 2.36. The summed E-state index contributed by atoms with van der Waals surface area (Å²) >= 11 is 0. The lowest BCUT2D eigenvalue weighted by Gasteiger charge is -1.91. The van der Waals surface area contributed by atoms with Crippen molar-refractivity contribution in [3.63, 3.8) is 0 Å². The zero-order valence-electron chi connectivity index (χ0n) is 8.98. The second kappa shape index (κ2) is 3.53. The van der Waals surface area contributed by atoms with Gasteiger partial charge in [0.2, 0.25) is 0 Å². The van der Waals surface area contributed by atoms with Gasteiger partial charge in [0.15, 0.2) is 0 Å². The Morgan fingerprint density at radius 2 is 1.44 bits per heavy atom. The van der Waals surface area contributed by atoms with Crippen molar-refractivity contribution in [2.75, 3.05) is 5.73 Å². The minimum atomic E-state index is 0.899. The third-order valence-corrected chi connectivity index (χ3v) is 3.00. The van der Waals surface area contributed by atoms with E-state index >= 15 is 0 Å². The SMILES string of the molecule is Nc1cccccc2ccccc2c2c1C2. The molecular weight excluding hydrogens is 194 g/mol. The fraction of sp³-hybridized carbons (Fsp3) is 0.0667. The number of benzene rings is 1. The molecule has 1 aliphatic rings. The topological polar surface area (TPSA) is 26.0 Å². The third kappa shape index (κ3) is 1.50. The molecule has 2 N–H and O–H groups in total. The molecule has 0 aromatic heterocycles. The highest BCUT2D eigenvalue weighted by molar-refractivity contribution is 5.90. The van der Waals surface area contributed by atoms with E-state index in [0.29, 0.717) is 0 Å². The van der Waals surface area contributed by atoms with Crippen molar-refractivity contribution in [1.29, 1.82) is 0 Å². The summed E-state index contributed by atoms with van der Waals surface area (Å²) < 4.78 is 0. The number of fused-ring (bicyclic) bond motifs is 3. The highest BCUT2D eigenvalue weighted by atomic mass is 14.6. The lowest BCUT2D eigenvalue weighted by Crippen LogP contribution is -1.80. The molecular formula is C15H13N.